The topological polar surface area (TPSA) is 112 Å². The summed E-state index contributed by atoms with van der Waals surface area (Å²) in [6, 6.07) is 6.41. The molecule has 4 rings (SSSR count). The monoisotopic (exact) mass is 424 g/mol. The molecule has 1 N–H and O–H groups in total. The number of esters is 1. The minimum atomic E-state index is -0.620. The Kier molecular flexibility index (Phi) is 4.93. The van der Waals surface area contributed by atoms with E-state index >= 15 is 0 Å². The summed E-state index contributed by atoms with van der Waals surface area (Å²) >= 11 is 0. The van der Waals surface area contributed by atoms with Crippen LogP contribution in [0.25, 0.3) is 11.0 Å². The maximum Gasteiger partial charge on any atom is 0.336 e. The van der Waals surface area contributed by atoms with Crippen molar-refractivity contribution < 1.29 is 33.3 Å². The summed E-state index contributed by atoms with van der Waals surface area (Å²) in [4.78, 5) is 37.0. The summed E-state index contributed by atoms with van der Waals surface area (Å²) in [6.45, 7) is 2.90. The van der Waals surface area contributed by atoms with Gasteiger partial charge in [-0.1, -0.05) is 6.07 Å². The van der Waals surface area contributed by atoms with Crippen LogP contribution in [-0.2, 0) is 4.79 Å². The molecule has 0 radical (unpaired) electrons. The van der Waals surface area contributed by atoms with Crippen molar-refractivity contribution in [3.05, 3.63) is 56.9 Å². The van der Waals surface area contributed by atoms with Gasteiger partial charge in [0.2, 0.25) is 0 Å². The van der Waals surface area contributed by atoms with Gasteiger partial charge in [-0.3, -0.25) is 9.59 Å². The Morgan fingerprint density at radius 1 is 1.13 bits per heavy atom. The fourth-order valence-electron chi connectivity index (χ4n) is 4.09. The number of aromatic hydroxyl groups is 1. The molecule has 1 unspecified atom stereocenters. The van der Waals surface area contributed by atoms with Crippen LogP contribution in [0, 0.1) is 6.92 Å². The third kappa shape index (κ3) is 3.20. The lowest BCUT2D eigenvalue weighted by Gasteiger charge is -2.28. The fourth-order valence-corrected chi connectivity index (χ4v) is 4.09. The van der Waals surface area contributed by atoms with Gasteiger partial charge in [-0.2, -0.15) is 0 Å². The number of Topliss-reactive ketones (excluding diaryl/α,β-unsaturated/α-hetero) is 1. The Morgan fingerprint density at radius 3 is 2.48 bits per heavy atom. The van der Waals surface area contributed by atoms with Gasteiger partial charge in [0.05, 0.1) is 26.0 Å². The number of carbonyl (C=O) groups is 2. The van der Waals surface area contributed by atoms with Crippen molar-refractivity contribution in [3.63, 3.8) is 0 Å². The number of rotatable bonds is 4. The van der Waals surface area contributed by atoms with Crippen molar-refractivity contribution in [1.29, 1.82) is 0 Å². The third-order valence-electron chi connectivity index (χ3n) is 5.45. The number of methoxy groups -OCH3 is 2. The molecule has 1 aromatic heterocycles. The molecule has 0 saturated carbocycles. The number of phenolic OH excluding ortho intramolecular Hbond substituents is 1. The molecule has 3 aromatic rings. The summed E-state index contributed by atoms with van der Waals surface area (Å²) in [6.07, 6.45) is -0.0582. The predicted molar refractivity (Wildman–Crippen MR) is 111 cm³/mol. The number of ether oxygens (including phenoxy) is 3. The maximum atomic E-state index is 12.5. The SMILES string of the molecule is COc1ccc(C2CC(=O)Oc3c(C(C)=O)c(O)c4c(C)cc(=O)oc4c32)cc1OC. The first-order valence-corrected chi connectivity index (χ1v) is 9.53. The van der Waals surface area contributed by atoms with E-state index in [-0.39, 0.29) is 34.5 Å². The van der Waals surface area contributed by atoms with E-state index in [1.54, 1.807) is 25.1 Å². The molecule has 0 fully saturated rings. The normalized spacial score (nSPS) is 15.4. The molecule has 0 amide bonds. The molecular formula is C23H20O8. The zero-order valence-electron chi connectivity index (χ0n) is 17.4. The van der Waals surface area contributed by atoms with Crippen LogP contribution >= 0.6 is 0 Å². The summed E-state index contributed by atoms with van der Waals surface area (Å²) in [5, 5.41) is 11.1. The summed E-state index contributed by atoms with van der Waals surface area (Å²) in [5.74, 6) is -1.20. The van der Waals surface area contributed by atoms with E-state index in [0.29, 0.717) is 28.2 Å². The van der Waals surface area contributed by atoms with Gasteiger partial charge in [-0.25, -0.2) is 4.79 Å². The summed E-state index contributed by atoms with van der Waals surface area (Å²) in [5.41, 5.74) is 0.793. The van der Waals surface area contributed by atoms with Crippen molar-refractivity contribution in [2.75, 3.05) is 14.2 Å². The second-order valence-electron chi connectivity index (χ2n) is 7.32. The van der Waals surface area contributed by atoms with Gasteiger partial charge in [-0.05, 0) is 37.1 Å². The van der Waals surface area contributed by atoms with Gasteiger partial charge in [0.15, 0.2) is 23.0 Å². The molecule has 0 aliphatic carbocycles. The van der Waals surface area contributed by atoms with Gasteiger partial charge in [-0.15, -0.1) is 0 Å². The molecule has 2 aromatic carbocycles. The van der Waals surface area contributed by atoms with Crippen LogP contribution < -0.4 is 19.8 Å². The highest BCUT2D eigenvalue weighted by atomic mass is 16.5. The molecule has 0 bridgehead atoms. The minimum Gasteiger partial charge on any atom is -0.506 e. The van der Waals surface area contributed by atoms with Crippen LogP contribution in [0.2, 0.25) is 0 Å². The summed E-state index contributed by atoms with van der Waals surface area (Å²) < 4.78 is 21.5. The fraction of sp³-hybridized carbons (Fsp3) is 0.261. The van der Waals surface area contributed by atoms with E-state index in [4.69, 9.17) is 18.6 Å². The lowest BCUT2D eigenvalue weighted by molar-refractivity contribution is -0.135. The average molecular weight is 424 g/mol. The van der Waals surface area contributed by atoms with Crippen molar-refractivity contribution in [1.82, 2.24) is 0 Å². The van der Waals surface area contributed by atoms with E-state index in [1.165, 1.54) is 27.2 Å². The lowest BCUT2D eigenvalue weighted by Crippen LogP contribution is -2.23. The van der Waals surface area contributed by atoms with Gasteiger partial charge in [0, 0.05) is 17.5 Å². The molecule has 8 heteroatoms. The molecular weight excluding hydrogens is 404 g/mol. The number of carbonyl (C=O) groups excluding carboxylic acids is 2. The molecule has 31 heavy (non-hydrogen) atoms. The zero-order chi connectivity index (χ0) is 22.4. The van der Waals surface area contributed by atoms with Crippen LogP contribution in [0.3, 0.4) is 0 Å². The van der Waals surface area contributed by atoms with Gasteiger partial charge in [0.1, 0.15) is 16.9 Å². The minimum absolute atomic E-state index is 0.0582. The smallest absolute Gasteiger partial charge is 0.336 e. The number of hydrogen-bond donors (Lipinski definition) is 1. The predicted octanol–water partition coefficient (Wildman–Crippen LogP) is 3.47. The van der Waals surface area contributed by atoms with E-state index < -0.39 is 23.3 Å². The van der Waals surface area contributed by atoms with E-state index in [1.807, 2.05) is 0 Å². The van der Waals surface area contributed by atoms with Crippen molar-refractivity contribution >= 4 is 22.7 Å². The second kappa shape index (κ2) is 7.46. The second-order valence-corrected chi connectivity index (χ2v) is 7.32. The highest BCUT2D eigenvalue weighted by Crippen LogP contribution is 2.50. The van der Waals surface area contributed by atoms with Crippen molar-refractivity contribution in [3.8, 4) is 23.0 Å². The standard InChI is InChI=1S/C23H20O8/c1-10-7-16(25)30-22-18(10)21(27)19(11(2)24)23-20(22)13(9-17(26)31-23)12-5-6-14(28-3)15(8-12)29-4/h5-8,13,27H,9H2,1-4H3. The number of fused-ring (bicyclic) bond motifs is 3. The van der Waals surface area contributed by atoms with Gasteiger partial charge >= 0.3 is 11.6 Å². The first kappa shape index (κ1) is 20.5. The Bertz CT molecular complexity index is 1300. The molecule has 1 aliphatic heterocycles. The zero-order valence-corrected chi connectivity index (χ0v) is 17.4. The largest absolute Gasteiger partial charge is 0.506 e. The first-order chi connectivity index (χ1) is 14.8. The van der Waals surface area contributed by atoms with E-state index in [9.17, 15) is 19.5 Å². The van der Waals surface area contributed by atoms with E-state index in [2.05, 4.69) is 0 Å². The molecule has 1 aliphatic rings. The Labute approximate surface area is 177 Å². The van der Waals surface area contributed by atoms with Crippen LogP contribution in [0.1, 0.15) is 46.3 Å². The Morgan fingerprint density at radius 2 is 1.84 bits per heavy atom. The summed E-state index contributed by atoms with van der Waals surface area (Å²) in [7, 11) is 3.01. The lowest BCUT2D eigenvalue weighted by atomic mass is 9.82. The van der Waals surface area contributed by atoms with Crippen LogP contribution in [0.4, 0.5) is 0 Å². The van der Waals surface area contributed by atoms with Gasteiger partial charge in [0.25, 0.3) is 0 Å². The molecule has 1 atom stereocenters. The highest BCUT2D eigenvalue weighted by Gasteiger charge is 2.37. The Hall–Kier alpha value is -3.81. The molecule has 0 saturated heterocycles. The van der Waals surface area contributed by atoms with E-state index in [0.717, 1.165) is 0 Å². The Balaban J connectivity index is 2.12. The molecule has 2 heterocycles. The van der Waals surface area contributed by atoms with Crippen molar-refractivity contribution in [2.45, 2.75) is 26.2 Å². The molecule has 8 nitrogen and oxygen atoms in total. The van der Waals surface area contributed by atoms with Crippen LogP contribution in [-0.4, -0.2) is 31.1 Å². The number of aryl methyl sites for hydroxylation is 1. The average Bonchev–Trinajstić information content (AvgIpc) is 2.71. The number of hydrogen-bond acceptors (Lipinski definition) is 8. The number of benzene rings is 2. The van der Waals surface area contributed by atoms with Crippen LogP contribution in [0.15, 0.2) is 33.5 Å². The van der Waals surface area contributed by atoms with Gasteiger partial charge < -0.3 is 23.7 Å². The molecule has 0 spiro atoms. The van der Waals surface area contributed by atoms with Crippen LogP contribution in [0.5, 0.6) is 23.0 Å². The third-order valence-corrected chi connectivity index (χ3v) is 5.45. The maximum absolute atomic E-state index is 12.5. The quantitative estimate of drug-likeness (QED) is 0.293. The number of phenols is 1. The molecule has 160 valence electrons. The highest BCUT2D eigenvalue weighted by molar-refractivity contribution is 6.09. The first-order valence-electron chi connectivity index (χ1n) is 9.53. The van der Waals surface area contributed by atoms with Crippen molar-refractivity contribution in [2.24, 2.45) is 0 Å². The number of ketones is 1.